The molecular formula is C22H25N2O5-. The van der Waals surface area contributed by atoms with Crippen molar-refractivity contribution in [3.05, 3.63) is 53.6 Å². The van der Waals surface area contributed by atoms with E-state index in [4.69, 9.17) is 9.47 Å². The van der Waals surface area contributed by atoms with Crippen LogP contribution >= 0.6 is 0 Å². The van der Waals surface area contributed by atoms with Crippen molar-refractivity contribution in [1.82, 2.24) is 4.90 Å². The first-order chi connectivity index (χ1) is 13.7. The Balaban J connectivity index is 1.67. The van der Waals surface area contributed by atoms with E-state index in [2.05, 4.69) is 5.32 Å². The van der Waals surface area contributed by atoms with Crippen LogP contribution in [0.4, 0.5) is 10.5 Å². The molecule has 3 rings (SSSR count). The molecule has 1 aliphatic heterocycles. The van der Waals surface area contributed by atoms with Crippen LogP contribution in [0.25, 0.3) is 0 Å². The molecule has 0 radical (unpaired) electrons. The van der Waals surface area contributed by atoms with Gasteiger partial charge in [-0.05, 0) is 63.6 Å². The second kappa shape index (κ2) is 8.13. The smallest absolute Gasteiger partial charge is 0.246 e. The first kappa shape index (κ1) is 20.7. The van der Waals surface area contributed by atoms with Crippen molar-refractivity contribution in [2.75, 3.05) is 5.32 Å². The monoisotopic (exact) mass is 397 g/mol. The second-order valence-corrected chi connectivity index (χ2v) is 7.99. The SMILES string of the molecule is C[C@H](C(=O)Nc1ccc(Oc2cccc3c2COC3)cc1)N(C(=O)[O-])C(C)(C)C. The molecule has 0 aliphatic carbocycles. The molecule has 2 amide bonds. The number of rotatable bonds is 5. The number of carbonyl (C=O) groups excluding carboxylic acids is 2. The Morgan fingerprint density at radius 2 is 1.83 bits per heavy atom. The van der Waals surface area contributed by atoms with E-state index in [-0.39, 0.29) is 0 Å². The fourth-order valence-electron chi connectivity index (χ4n) is 3.38. The molecule has 29 heavy (non-hydrogen) atoms. The molecule has 0 aromatic heterocycles. The number of hydrogen-bond donors (Lipinski definition) is 1. The van der Waals surface area contributed by atoms with Gasteiger partial charge in [0, 0.05) is 16.8 Å². The van der Waals surface area contributed by atoms with Gasteiger partial charge in [-0.3, -0.25) is 4.79 Å². The highest BCUT2D eigenvalue weighted by Gasteiger charge is 2.30. The van der Waals surface area contributed by atoms with Gasteiger partial charge in [0.25, 0.3) is 0 Å². The minimum absolute atomic E-state index is 0.434. The summed E-state index contributed by atoms with van der Waals surface area (Å²) >= 11 is 0. The standard InChI is InChI=1S/C22H26N2O5/c1-14(24(21(26)27)22(2,3)4)20(25)23-16-8-10-17(11-9-16)29-19-7-5-6-15-12-28-13-18(15)19/h5-11,14H,12-13H2,1-4H3,(H,23,25)(H,26,27)/p-1/t14-/m1/s1. The van der Waals surface area contributed by atoms with Crippen LogP contribution < -0.4 is 15.2 Å². The number of anilines is 1. The molecule has 2 aromatic carbocycles. The summed E-state index contributed by atoms with van der Waals surface area (Å²) in [5.41, 5.74) is 1.95. The third-order valence-corrected chi connectivity index (χ3v) is 4.77. The van der Waals surface area contributed by atoms with E-state index in [1.54, 1.807) is 45.0 Å². The Morgan fingerprint density at radius 3 is 2.45 bits per heavy atom. The van der Waals surface area contributed by atoms with Crippen LogP contribution in [-0.4, -0.2) is 28.5 Å². The third-order valence-electron chi connectivity index (χ3n) is 4.77. The number of amides is 2. The molecule has 0 saturated heterocycles. The predicted octanol–water partition coefficient (Wildman–Crippen LogP) is 3.28. The maximum Gasteiger partial charge on any atom is 0.246 e. The highest BCUT2D eigenvalue weighted by atomic mass is 16.5. The summed E-state index contributed by atoms with van der Waals surface area (Å²) in [7, 11) is 0. The summed E-state index contributed by atoms with van der Waals surface area (Å²) in [6.45, 7) is 7.79. The lowest BCUT2D eigenvalue weighted by atomic mass is 10.0. The Kier molecular flexibility index (Phi) is 5.79. The average Bonchev–Trinajstić information content (AvgIpc) is 3.11. The number of fused-ring (bicyclic) bond motifs is 1. The van der Waals surface area contributed by atoms with E-state index in [1.807, 2.05) is 18.2 Å². The van der Waals surface area contributed by atoms with Crippen molar-refractivity contribution in [2.24, 2.45) is 0 Å². The molecule has 1 N–H and O–H groups in total. The van der Waals surface area contributed by atoms with Gasteiger partial charge in [-0.15, -0.1) is 0 Å². The Hall–Kier alpha value is -3.06. The zero-order valence-electron chi connectivity index (χ0n) is 17.0. The summed E-state index contributed by atoms with van der Waals surface area (Å²) in [4.78, 5) is 25.0. The van der Waals surface area contributed by atoms with Crippen molar-refractivity contribution in [3.8, 4) is 11.5 Å². The van der Waals surface area contributed by atoms with Crippen molar-refractivity contribution in [1.29, 1.82) is 0 Å². The van der Waals surface area contributed by atoms with Gasteiger partial charge in [-0.25, -0.2) is 0 Å². The molecule has 0 saturated carbocycles. The largest absolute Gasteiger partial charge is 0.530 e. The number of nitrogens with zero attached hydrogens (tertiary/aromatic N) is 1. The number of carbonyl (C=O) groups is 2. The van der Waals surface area contributed by atoms with Crippen LogP contribution in [0.5, 0.6) is 11.5 Å². The summed E-state index contributed by atoms with van der Waals surface area (Å²) in [6, 6.07) is 11.8. The normalized spacial score (nSPS) is 14.1. The molecule has 7 heteroatoms. The molecule has 0 spiro atoms. The molecule has 0 unspecified atom stereocenters. The number of ether oxygens (including phenoxy) is 2. The van der Waals surface area contributed by atoms with E-state index in [9.17, 15) is 14.7 Å². The van der Waals surface area contributed by atoms with E-state index in [1.165, 1.54) is 6.92 Å². The topological polar surface area (TPSA) is 90.9 Å². The van der Waals surface area contributed by atoms with Gasteiger partial charge in [-0.1, -0.05) is 12.1 Å². The van der Waals surface area contributed by atoms with E-state index in [0.29, 0.717) is 24.7 Å². The zero-order chi connectivity index (χ0) is 21.2. The molecule has 2 aromatic rings. The Bertz CT molecular complexity index is 902. The lowest BCUT2D eigenvalue weighted by Gasteiger charge is -2.41. The molecule has 1 heterocycles. The van der Waals surface area contributed by atoms with Crippen molar-refractivity contribution in [2.45, 2.75) is 52.5 Å². The average molecular weight is 397 g/mol. The predicted molar refractivity (Wildman–Crippen MR) is 107 cm³/mol. The van der Waals surface area contributed by atoms with Gasteiger partial charge in [0.2, 0.25) is 5.91 Å². The molecule has 7 nitrogen and oxygen atoms in total. The summed E-state index contributed by atoms with van der Waals surface area (Å²) in [6.07, 6.45) is -1.39. The molecular weight excluding hydrogens is 372 g/mol. The summed E-state index contributed by atoms with van der Waals surface area (Å²) in [5.74, 6) is 0.943. The van der Waals surface area contributed by atoms with E-state index >= 15 is 0 Å². The van der Waals surface area contributed by atoms with Crippen LogP contribution in [0.1, 0.15) is 38.8 Å². The van der Waals surface area contributed by atoms with Gasteiger partial charge >= 0.3 is 0 Å². The van der Waals surface area contributed by atoms with Gasteiger partial charge in [0.1, 0.15) is 23.6 Å². The lowest BCUT2D eigenvalue weighted by molar-refractivity contribution is -0.272. The quantitative estimate of drug-likeness (QED) is 0.836. The van der Waals surface area contributed by atoms with Crippen LogP contribution in [0.3, 0.4) is 0 Å². The highest BCUT2D eigenvalue weighted by Crippen LogP contribution is 2.32. The van der Waals surface area contributed by atoms with Crippen molar-refractivity contribution < 1.29 is 24.2 Å². The van der Waals surface area contributed by atoms with Crippen molar-refractivity contribution >= 4 is 17.7 Å². The minimum atomic E-state index is -1.39. The summed E-state index contributed by atoms with van der Waals surface area (Å²) in [5, 5.41) is 14.2. The molecule has 0 fully saturated rings. The number of hydrogen-bond acceptors (Lipinski definition) is 5. The Labute approximate surface area is 170 Å². The fraction of sp³-hybridized carbons (Fsp3) is 0.364. The minimum Gasteiger partial charge on any atom is -0.530 e. The molecule has 0 bridgehead atoms. The molecule has 1 atom stereocenters. The van der Waals surface area contributed by atoms with Gasteiger partial charge in [0.15, 0.2) is 0 Å². The van der Waals surface area contributed by atoms with Gasteiger partial charge in [0.05, 0.1) is 13.2 Å². The molecule has 1 aliphatic rings. The lowest BCUT2D eigenvalue weighted by Crippen LogP contribution is -2.58. The van der Waals surface area contributed by atoms with Crippen molar-refractivity contribution in [3.63, 3.8) is 0 Å². The molecule has 154 valence electrons. The zero-order valence-corrected chi connectivity index (χ0v) is 17.0. The fourth-order valence-corrected chi connectivity index (χ4v) is 3.38. The van der Waals surface area contributed by atoms with Gasteiger partial charge < -0.3 is 29.6 Å². The second-order valence-electron chi connectivity index (χ2n) is 7.99. The highest BCUT2D eigenvalue weighted by molar-refractivity contribution is 5.96. The third kappa shape index (κ3) is 4.68. The van der Waals surface area contributed by atoms with Crippen LogP contribution in [0, 0.1) is 0 Å². The number of benzene rings is 2. The maximum absolute atomic E-state index is 12.5. The maximum atomic E-state index is 12.5. The van der Waals surface area contributed by atoms with E-state index < -0.39 is 23.6 Å². The Morgan fingerprint density at radius 1 is 1.14 bits per heavy atom. The first-order valence-corrected chi connectivity index (χ1v) is 9.44. The van der Waals surface area contributed by atoms with Crippen LogP contribution in [0.2, 0.25) is 0 Å². The first-order valence-electron chi connectivity index (χ1n) is 9.44. The van der Waals surface area contributed by atoms with E-state index in [0.717, 1.165) is 21.8 Å². The van der Waals surface area contributed by atoms with Crippen LogP contribution in [0.15, 0.2) is 42.5 Å². The summed E-state index contributed by atoms with van der Waals surface area (Å²) < 4.78 is 11.4. The van der Waals surface area contributed by atoms with Gasteiger partial charge in [-0.2, -0.15) is 0 Å². The number of carboxylic acid groups (broad SMARTS) is 1. The number of nitrogens with one attached hydrogen (secondary N) is 1. The van der Waals surface area contributed by atoms with Crippen LogP contribution in [-0.2, 0) is 22.7 Å².